The topological polar surface area (TPSA) is 297 Å². The maximum Gasteiger partial charge on any atom is 3.00 e. The Kier molecular flexibility index (Phi) is 29.0. The molecule has 22 heteroatoms. The zero-order valence-corrected chi connectivity index (χ0v) is 90.1. The maximum absolute atomic E-state index is 13.7. The Balaban J connectivity index is 0.000000186. The molecule has 0 atom stereocenters. The predicted octanol–water partition coefficient (Wildman–Crippen LogP) is 24.7. The van der Waals surface area contributed by atoms with Gasteiger partial charge in [0.2, 0.25) is 17.4 Å². The van der Waals surface area contributed by atoms with Crippen molar-refractivity contribution in [3.05, 3.63) is 388 Å². The number of aliphatic hydroxyl groups is 6. The molecule has 0 bridgehead atoms. The molecule has 0 aliphatic carbocycles. The van der Waals surface area contributed by atoms with Crippen molar-refractivity contribution in [1.29, 1.82) is 0 Å². The second-order valence-electron chi connectivity index (χ2n) is 46.8. The molecule has 3 heterocycles. The van der Waals surface area contributed by atoms with Crippen LogP contribution in [0.1, 0.15) is 341 Å². The van der Waals surface area contributed by atoms with Gasteiger partial charge < -0.3 is 72.5 Å². The van der Waals surface area contributed by atoms with E-state index in [0.29, 0.717) is 33.4 Å². The fourth-order valence-electron chi connectivity index (χ4n) is 18.7. The van der Waals surface area contributed by atoms with Gasteiger partial charge in [-0.3, -0.25) is 0 Å². The van der Waals surface area contributed by atoms with Crippen LogP contribution in [0.3, 0.4) is 0 Å². The molecule has 6 N–H and O–H groups in total. The normalized spacial score (nSPS) is 16.2. The average Bonchev–Trinajstić information content (AvgIpc) is 0.721. The molecule has 0 spiro atoms. The van der Waals surface area contributed by atoms with E-state index >= 15 is 0 Å². The van der Waals surface area contributed by atoms with Crippen molar-refractivity contribution in [2.24, 2.45) is 0 Å². The minimum atomic E-state index is -5.07. The quantitative estimate of drug-likeness (QED) is 0.0376. The summed E-state index contributed by atoms with van der Waals surface area (Å²) < 4.78 is 75.7. The standard InChI is InChI=1S/3C39H47O6P.Al/c3*1-35(2,3)29-21-27(37(7,8)25-17-13-11-14-18-25)23-31-33(29)44-46(42,43)45-34-30(36(4,5)6)22-28(24-32(34)39(31,40)41)38(9,10)26-19-15-12-16-20-26;/h3*11-24,40-41H,1-10H3,(H,42,43);/q;;;+3/p-3. The molecule has 18 nitrogen and oxygen atoms in total. The van der Waals surface area contributed by atoms with Gasteiger partial charge in [-0.25, -0.2) is 13.7 Å². The first-order valence-electron chi connectivity index (χ1n) is 47.1. The number of benzene rings is 12. The first-order chi connectivity index (χ1) is 63.2. The Morgan fingerprint density at radius 3 is 0.403 bits per heavy atom. The van der Waals surface area contributed by atoms with Crippen LogP contribution in [0.2, 0.25) is 0 Å². The van der Waals surface area contributed by atoms with E-state index in [1.165, 1.54) is 0 Å². The van der Waals surface area contributed by atoms with E-state index in [1.54, 1.807) is 36.4 Å². The van der Waals surface area contributed by atoms with E-state index in [2.05, 4.69) is 83.1 Å². The summed E-state index contributed by atoms with van der Waals surface area (Å²) in [6.45, 7) is 59.5. The molecular weight excluding hydrogens is 1810 g/mol. The van der Waals surface area contributed by atoms with Gasteiger partial charge in [0.05, 0.1) is 33.4 Å². The number of hydrogen-bond donors (Lipinski definition) is 6. The Labute approximate surface area is 834 Å². The summed E-state index contributed by atoms with van der Waals surface area (Å²) in [5, 5.41) is 74.8. The van der Waals surface area contributed by atoms with Crippen molar-refractivity contribution < 1.29 is 86.2 Å². The van der Waals surface area contributed by atoms with Crippen LogP contribution in [0.25, 0.3) is 0 Å². The van der Waals surface area contributed by atoms with E-state index in [1.807, 2.05) is 343 Å². The van der Waals surface area contributed by atoms with Gasteiger partial charge in [-0.15, -0.1) is 0 Å². The van der Waals surface area contributed by atoms with Gasteiger partial charge in [0.25, 0.3) is 0 Å². The zero-order valence-electron chi connectivity index (χ0n) is 86.2. The van der Waals surface area contributed by atoms with E-state index in [-0.39, 0.29) is 85.2 Å². The predicted molar refractivity (Wildman–Crippen MR) is 550 cm³/mol. The molecular formula is C117H138AlO18P3. The van der Waals surface area contributed by atoms with Gasteiger partial charge in [-0.05, 0) is 136 Å². The molecule has 15 rings (SSSR count). The fraction of sp³-hybridized carbons (Fsp3) is 0.385. The summed E-state index contributed by atoms with van der Waals surface area (Å²) in [4.78, 5) is 41.2. The van der Waals surface area contributed by atoms with E-state index in [0.717, 1.165) is 66.8 Å². The molecule has 0 fully saturated rings. The minimum Gasteiger partial charge on any atom is -0.736 e. The van der Waals surface area contributed by atoms with Crippen molar-refractivity contribution in [2.75, 3.05) is 0 Å². The molecule has 732 valence electrons. The van der Waals surface area contributed by atoms with Gasteiger partial charge in [0.15, 0.2) is 0 Å². The molecule has 3 aliphatic rings. The molecule has 0 saturated heterocycles. The average molecular weight is 1950 g/mol. The van der Waals surface area contributed by atoms with Crippen LogP contribution in [-0.2, 0) is 96.0 Å². The third-order valence-corrected chi connectivity index (χ3v) is 30.6. The van der Waals surface area contributed by atoms with Crippen LogP contribution in [0.4, 0.5) is 0 Å². The SMILES string of the molecule is CC(C)(C)c1cc(C(C)(C)c2ccccc2)cc2c1OP(=O)([O-])Oc1c(C(C)(C)C)cc(C(C)(C)c3ccccc3)cc1C2(O)O.CC(C)(C)c1cc(C(C)(C)c2ccccc2)cc2c1OP(=O)([O-])Oc1c(C(C)(C)C)cc(C(C)(C)c3ccccc3)cc1C2(O)O.CC(C)(C)c1cc(C(C)(C)c2ccccc2)cc2c1OP(=O)([O-])Oc1c(C(C)(C)C)cc(C(C)(C)c3ccccc3)cc1C2(O)O.[Al+3]. The molecule has 0 aromatic heterocycles. The van der Waals surface area contributed by atoms with Crippen LogP contribution in [0, 0.1) is 0 Å². The van der Waals surface area contributed by atoms with Gasteiger partial charge >= 0.3 is 40.8 Å². The molecule has 0 radical (unpaired) electrons. The third-order valence-electron chi connectivity index (χ3n) is 28.2. The van der Waals surface area contributed by atoms with E-state index < -0.39 is 106 Å². The van der Waals surface area contributed by atoms with E-state index in [9.17, 15) is 59.0 Å². The molecule has 0 amide bonds. The van der Waals surface area contributed by atoms with Crippen molar-refractivity contribution in [2.45, 2.75) is 290 Å². The zero-order chi connectivity index (χ0) is 102. The number of rotatable bonds is 12. The smallest absolute Gasteiger partial charge is 0.736 e. The fourth-order valence-corrected chi connectivity index (χ4v) is 21.3. The Morgan fingerprint density at radius 2 is 0.302 bits per heavy atom. The summed E-state index contributed by atoms with van der Waals surface area (Å²) in [7, 11) is -15.2. The molecule has 3 aliphatic heterocycles. The van der Waals surface area contributed by atoms with Crippen molar-refractivity contribution in [3.8, 4) is 34.5 Å². The van der Waals surface area contributed by atoms with Crippen LogP contribution in [0.5, 0.6) is 34.5 Å². The van der Waals surface area contributed by atoms with Crippen molar-refractivity contribution >= 4 is 40.8 Å². The largest absolute Gasteiger partial charge is 3.00 e. The molecule has 0 unspecified atom stereocenters. The van der Waals surface area contributed by atoms with Crippen molar-refractivity contribution in [3.63, 3.8) is 0 Å². The van der Waals surface area contributed by atoms with Crippen LogP contribution in [-0.4, -0.2) is 48.0 Å². The molecule has 139 heavy (non-hydrogen) atoms. The second kappa shape index (κ2) is 37.2. The maximum atomic E-state index is 13.7. The van der Waals surface area contributed by atoms with Crippen LogP contribution >= 0.6 is 23.5 Å². The Morgan fingerprint density at radius 1 is 0.194 bits per heavy atom. The third kappa shape index (κ3) is 21.5. The van der Waals surface area contributed by atoms with E-state index in [4.69, 9.17) is 27.1 Å². The second-order valence-corrected chi connectivity index (χ2v) is 50.5. The summed E-state index contributed by atoms with van der Waals surface area (Å²) in [6.07, 6.45) is 0. The first kappa shape index (κ1) is 108. The van der Waals surface area contributed by atoms with Gasteiger partial charge in [0.1, 0.15) is 34.5 Å². The first-order valence-corrected chi connectivity index (χ1v) is 51.5. The Hall–Kier alpha value is -9.70. The van der Waals surface area contributed by atoms with Gasteiger partial charge in [0, 0.05) is 65.9 Å². The summed E-state index contributed by atoms with van der Waals surface area (Å²) in [5.74, 6) is -8.93. The van der Waals surface area contributed by atoms with Crippen LogP contribution < -0.4 is 41.8 Å². The van der Waals surface area contributed by atoms with Crippen molar-refractivity contribution in [1.82, 2.24) is 0 Å². The number of fused-ring (bicyclic) bond motifs is 6. The molecule has 12 aromatic rings. The van der Waals surface area contributed by atoms with Gasteiger partial charge in [-0.1, -0.05) is 426 Å². The summed E-state index contributed by atoms with van der Waals surface area (Å²) in [6, 6.07) is 81.0. The monoisotopic (exact) mass is 1950 g/mol. The van der Waals surface area contributed by atoms with Crippen LogP contribution in [0.15, 0.2) is 255 Å². The molecule has 0 saturated carbocycles. The number of phosphoric ester groups is 3. The van der Waals surface area contributed by atoms with Gasteiger partial charge in [-0.2, -0.15) is 0 Å². The summed E-state index contributed by atoms with van der Waals surface area (Å²) in [5.41, 5.74) is 6.14. The number of hydrogen-bond acceptors (Lipinski definition) is 18. The minimum absolute atomic E-state index is 0. The summed E-state index contributed by atoms with van der Waals surface area (Å²) >= 11 is 0. The molecule has 12 aromatic carbocycles. The Bertz CT molecular complexity index is 5690. The number of phosphoric acid groups is 3.